The number of nitrogens with two attached hydrogens (primary N) is 1. The molecule has 0 saturated carbocycles. The zero-order valence-corrected chi connectivity index (χ0v) is 10.3. The molecule has 6 heteroatoms. The Bertz CT molecular complexity index is 631. The lowest BCUT2D eigenvalue weighted by Crippen LogP contribution is -2.29. The lowest BCUT2D eigenvalue weighted by molar-refractivity contribution is -0.117. The van der Waals surface area contributed by atoms with Crippen LogP contribution in [0.15, 0.2) is 24.4 Å². The van der Waals surface area contributed by atoms with Crippen molar-refractivity contribution in [3.63, 3.8) is 0 Å². The van der Waals surface area contributed by atoms with E-state index in [4.69, 9.17) is 17.3 Å². The average molecular weight is 263 g/mol. The Kier molecular flexibility index (Phi) is 2.65. The van der Waals surface area contributed by atoms with Crippen molar-refractivity contribution in [2.75, 3.05) is 11.4 Å². The molecule has 0 spiro atoms. The van der Waals surface area contributed by atoms with E-state index in [1.165, 1.54) is 4.90 Å². The Morgan fingerprint density at radius 1 is 1.44 bits per heavy atom. The van der Waals surface area contributed by atoms with E-state index >= 15 is 0 Å². The molecule has 0 aliphatic carbocycles. The van der Waals surface area contributed by atoms with Gasteiger partial charge in [-0.2, -0.15) is 0 Å². The van der Waals surface area contributed by atoms with Crippen molar-refractivity contribution in [2.45, 2.75) is 12.5 Å². The van der Waals surface area contributed by atoms with E-state index < -0.39 is 0 Å². The predicted molar refractivity (Wildman–Crippen MR) is 69.5 cm³/mol. The summed E-state index contributed by atoms with van der Waals surface area (Å²) < 4.78 is 0. The minimum atomic E-state index is -0.142. The maximum Gasteiger partial charge on any atom is 0.232 e. The Morgan fingerprint density at radius 2 is 2.28 bits per heavy atom. The van der Waals surface area contributed by atoms with E-state index in [0.29, 0.717) is 23.9 Å². The summed E-state index contributed by atoms with van der Waals surface area (Å²) in [6, 6.07) is 5.30. The van der Waals surface area contributed by atoms with Crippen LogP contribution in [-0.4, -0.2) is 28.5 Å². The highest BCUT2D eigenvalue weighted by molar-refractivity contribution is 6.35. The van der Waals surface area contributed by atoms with Gasteiger partial charge in [-0.3, -0.25) is 9.69 Å². The van der Waals surface area contributed by atoms with Crippen LogP contribution >= 0.6 is 11.6 Å². The van der Waals surface area contributed by atoms with Crippen LogP contribution in [0.2, 0.25) is 5.02 Å². The van der Waals surface area contributed by atoms with Crippen molar-refractivity contribution in [2.24, 2.45) is 5.73 Å². The van der Waals surface area contributed by atoms with Crippen molar-refractivity contribution < 1.29 is 4.79 Å². The third-order valence-electron chi connectivity index (χ3n) is 2.96. The van der Waals surface area contributed by atoms with Crippen LogP contribution in [0, 0.1) is 0 Å². The number of anilines is 1. The molecule has 0 radical (unpaired) electrons. The summed E-state index contributed by atoms with van der Waals surface area (Å²) in [6.45, 7) is 0.463. The normalized spacial score (nSPS) is 19.8. The van der Waals surface area contributed by atoms with Crippen LogP contribution in [0.5, 0.6) is 0 Å². The van der Waals surface area contributed by atoms with E-state index in [0.717, 1.165) is 10.9 Å². The Balaban J connectivity index is 2.06. The van der Waals surface area contributed by atoms with Crippen molar-refractivity contribution in [1.29, 1.82) is 0 Å². The number of fused-ring (bicyclic) bond motifs is 1. The number of nitrogens with zero attached hydrogens (tertiary/aromatic N) is 3. The quantitative estimate of drug-likeness (QED) is 0.842. The van der Waals surface area contributed by atoms with Gasteiger partial charge in [0.15, 0.2) is 0 Å². The van der Waals surface area contributed by atoms with E-state index in [-0.39, 0.29) is 11.9 Å². The summed E-state index contributed by atoms with van der Waals surface area (Å²) in [6.07, 6.45) is 1.98. The maximum atomic E-state index is 11.7. The number of carbonyl (C=O) groups excluding carboxylic acids is 1. The summed E-state index contributed by atoms with van der Waals surface area (Å²) in [5.74, 6) is 0.353. The summed E-state index contributed by atoms with van der Waals surface area (Å²) in [4.78, 5) is 21.8. The molecule has 1 unspecified atom stereocenters. The van der Waals surface area contributed by atoms with Crippen molar-refractivity contribution in [3.8, 4) is 0 Å². The zero-order valence-electron chi connectivity index (χ0n) is 9.51. The topological polar surface area (TPSA) is 72.1 Å². The SMILES string of the molecule is NC1CC(=O)N(c2ncc3c(Cl)cccc3n2)C1. The van der Waals surface area contributed by atoms with Crippen LogP contribution in [0.1, 0.15) is 6.42 Å². The second kappa shape index (κ2) is 4.19. The van der Waals surface area contributed by atoms with Gasteiger partial charge in [-0.15, -0.1) is 0 Å². The fourth-order valence-electron chi connectivity index (χ4n) is 2.07. The number of halogens is 1. The van der Waals surface area contributed by atoms with Crippen molar-refractivity contribution in [3.05, 3.63) is 29.4 Å². The summed E-state index contributed by atoms with van der Waals surface area (Å²) >= 11 is 6.04. The molecule has 1 amide bonds. The van der Waals surface area contributed by atoms with Gasteiger partial charge in [-0.05, 0) is 12.1 Å². The fraction of sp³-hybridized carbons (Fsp3) is 0.250. The minimum Gasteiger partial charge on any atom is -0.326 e. The first-order valence-corrected chi connectivity index (χ1v) is 6.00. The largest absolute Gasteiger partial charge is 0.326 e. The fourth-order valence-corrected chi connectivity index (χ4v) is 2.29. The van der Waals surface area contributed by atoms with Crippen LogP contribution < -0.4 is 10.6 Å². The molecule has 92 valence electrons. The first-order chi connectivity index (χ1) is 8.65. The Hall–Kier alpha value is -1.72. The van der Waals surface area contributed by atoms with Gasteiger partial charge < -0.3 is 5.73 Å². The molecule has 1 aliphatic rings. The lowest BCUT2D eigenvalue weighted by atomic mass is 10.2. The van der Waals surface area contributed by atoms with Crippen molar-refractivity contribution >= 4 is 34.4 Å². The number of hydrogen-bond donors (Lipinski definition) is 1. The Morgan fingerprint density at radius 3 is 3.00 bits per heavy atom. The number of hydrogen-bond acceptors (Lipinski definition) is 4. The summed E-state index contributed by atoms with van der Waals surface area (Å²) in [5.41, 5.74) is 6.47. The van der Waals surface area contributed by atoms with Gasteiger partial charge in [-0.1, -0.05) is 17.7 Å². The highest BCUT2D eigenvalue weighted by Crippen LogP contribution is 2.24. The number of carbonyl (C=O) groups is 1. The minimum absolute atomic E-state index is 0.0381. The molecular formula is C12H11ClN4O. The van der Waals surface area contributed by atoms with Crippen LogP contribution in [0.4, 0.5) is 5.95 Å². The van der Waals surface area contributed by atoms with Crippen LogP contribution in [0.25, 0.3) is 10.9 Å². The van der Waals surface area contributed by atoms with Crippen molar-refractivity contribution in [1.82, 2.24) is 9.97 Å². The molecule has 3 rings (SSSR count). The average Bonchev–Trinajstić information content (AvgIpc) is 2.68. The number of amides is 1. The van der Waals surface area contributed by atoms with E-state index in [9.17, 15) is 4.79 Å². The number of rotatable bonds is 1. The van der Waals surface area contributed by atoms with Gasteiger partial charge in [-0.25, -0.2) is 9.97 Å². The Labute approximate surface area is 109 Å². The van der Waals surface area contributed by atoms with Gasteiger partial charge in [0.05, 0.1) is 10.5 Å². The first-order valence-electron chi connectivity index (χ1n) is 5.62. The molecule has 1 aromatic heterocycles. The highest BCUT2D eigenvalue weighted by atomic mass is 35.5. The molecule has 5 nitrogen and oxygen atoms in total. The van der Waals surface area contributed by atoms with E-state index in [1.54, 1.807) is 12.3 Å². The number of benzene rings is 1. The van der Waals surface area contributed by atoms with E-state index in [1.807, 2.05) is 12.1 Å². The smallest absolute Gasteiger partial charge is 0.232 e. The van der Waals surface area contributed by atoms with Gasteiger partial charge >= 0.3 is 0 Å². The van der Waals surface area contributed by atoms with Gasteiger partial charge in [0.2, 0.25) is 11.9 Å². The highest BCUT2D eigenvalue weighted by Gasteiger charge is 2.29. The predicted octanol–water partition coefficient (Wildman–Crippen LogP) is 1.35. The lowest BCUT2D eigenvalue weighted by Gasteiger charge is -2.13. The third kappa shape index (κ3) is 1.81. The summed E-state index contributed by atoms with van der Waals surface area (Å²) in [5, 5.41) is 1.38. The molecule has 1 saturated heterocycles. The molecule has 0 bridgehead atoms. The van der Waals surface area contributed by atoms with Crippen LogP contribution in [-0.2, 0) is 4.79 Å². The first kappa shape index (κ1) is 11.4. The molecule has 2 heterocycles. The third-order valence-corrected chi connectivity index (χ3v) is 3.29. The van der Waals surface area contributed by atoms with Gasteiger partial charge in [0.25, 0.3) is 0 Å². The van der Waals surface area contributed by atoms with Crippen LogP contribution in [0.3, 0.4) is 0 Å². The monoisotopic (exact) mass is 262 g/mol. The molecular weight excluding hydrogens is 252 g/mol. The van der Waals surface area contributed by atoms with Gasteiger partial charge in [0, 0.05) is 30.6 Å². The second-order valence-corrected chi connectivity index (χ2v) is 4.72. The molecule has 1 atom stereocenters. The van der Waals surface area contributed by atoms with E-state index in [2.05, 4.69) is 9.97 Å². The second-order valence-electron chi connectivity index (χ2n) is 4.31. The molecule has 2 N–H and O–H groups in total. The number of aromatic nitrogens is 2. The standard InChI is InChI=1S/C12H11ClN4O/c13-9-2-1-3-10-8(9)5-15-12(16-10)17-6-7(14)4-11(17)18/h1-3,5,7H,4,6,14H2. The zero-order chi connectivity index (χ0) is 12.7. The maximum absolute atomic E-state index is 11.7. The molecule has 1 aromatic carbocycles. The molecule has 2 aromatic rings. The molecule has 18 heavy (non-hydrogen) atoms. The van der Waals surface area contributed by atoms with Gasteiger partial charge in [0.1, 0.15) is 0 Å². The molecule has 1 fully saturated rings. The molecule has 1 aliphatic heterocycles. The summed E-state index contributed by atoms with van der Waals surface area (Å²) in [7, 11) is 0.